The molecule has 1 fully saturated rings. The second-order valence-corrected chi connectivity index (χ2v) is 6.36. The summed E-state index contributed by atoms with van der Waals surface area (Å²) >= 11 is 0. The van der Waals surface area contributed by atoms with Crippen molar-refractivity contribution < 1.29 is 34.2 Å². The summed E-state index contributed by atoms with van der Waals surface area (Å²) < 4.78 is 0. The minimum Gasteiger partial charge on any atom is -0.374 e. The van der Waals surface area contributed by atoms with E-state index in [9.17, 15) is 39.7 Å². The smallest absolute Gasteiger partial charge is 0.374 e. The van der Waals surface area contributed by atoms with E-state index in [-0.39, 0.29) is 24.2 Å². The Balaban J connectivity index is 0.000000367. The number of rotatable bonds is 9. The number of nitrogens with one attached hydrogen (secondary N) is 1. The molecule has 1 aromatic rings. The van der Waals surface area contributed by atoms with Gasteiger partial charge in [-0.25, -0.2) is 4.79 Å². The largest absolute Gasteiger partial charge is 0.429 e. The summed E-state index contributed by atoms with van der Waals surface area (Å²) in [7, 11) is 0. The topological polar surface area (TPSA) is 208 Å². The second kappa shape index (κ2) is 12.0. The number of imide groups is 1. The van der Waals surface area contributed by atoms with E-state index < -0.39 is 39.7 Å². The van der Waals surface area contributed by atoms with Crippen LogP contribution in [0.25, 0.3) is 0 Å². The number of carbonyl (C=O) groups excluding carboxylic acids is 3. The molecule has 31 heavy (non-hydrogen) atoms. The SMILES string of the molecule is CCCCCC(O)Nc1ccc([N+](=O)[O-])cc1[N+](=O)[O-].NC(=O)ON1C(=O)CCC1=O. The van der Waals surface area contributed by atoms with Crippen LogP contribution in [0.5, 0.6) is 0 Å². The van der Waals surface area contributed by atoms with Gasteiger partial charge in [-0.3, -0.25) is 29.8 Å². The maximum Gasteiger partial charge on any atom is 0.429 e. The quantitative estimate of drug-likeness (QED) is 0.167. The minimum atomic E-state index is -1.16. The maximum atomic E-state index is 10.9. The number of aliphatic hydroxyl groups is 1. The van der Waals surface area contributed by atoms with E-state index in [1.807, 2.05) is 6.92 Å². The first-order valence-electron chi connectivity index (χ1n) is 9.27. The number of benzene rings is 1. The van der Waals surface area contributed by atoms with Gasteiger partial charge in [0.25, 0.3) is 23.2 Å². The third-order valence-electron chi connectivity index (χ3n) is 3.98. The Morgan fingerprint density at radius 3 is 2.32 bits per heavy atom. The molecule has 1 unspecified atom stereocenters. The van der Waals surface area contributed by atoms with Gasteiger partial charge in [-0.2, -0.15) is 0 Å². The van der Waals surface area contributed by atoms with E-state index in [1.165, 1.54) is 6.07 Å². The van der Waals surface area contributed by atoms with Crippen LogP contribution in [0.1, 0.15) is 45.4 Å². The number of aliphatic hydroxyl groups excluding tert-OH is 1. The fourth-order valence-electron chi connectivity index (χ4n) is 2.49. The highest BCUT2D eigenvalue weighted by atomic mass is 16.7. The Kier molecular flexibility index (Phi) is 9.78. The van der Waals surface area contributed by atoms with Crippen LogP contribution in [0.3, 0.4) is 0 Å². The number of hydroxylamine groups is 2. The highest BCUT2D eigenvalue weighted by molar-refractivity contribution is 6.01. The predicted molar refractivity (Wildman–Crippen MR) is 105 cm³/mol. The van der Waals surface area contributed by atoms with E-state index >= 15 is 0 Å². The van der Waals surface area contributed by atoms with Crippen molar-refractivity contribution in [2.45, 2.75) is 51.7 Å². The van der Waals surface area contributed by atoms with Gasteiger partial charge in [0.1, 0.15) is 11.9 Å². The van der Waals surface area contributed by atoms with Crippen molar-refractivity contribution in [2.75, 3.05) is 5.32 Å². The van der Waals surface area contributed by atoms with Gasteiger partial charge < -0.3 is 21.0 Å². The van der Waals surface area contributed by atoms with Gasteiger partial charge >= 0.3 is 6.09 Å². The number of hydrogen-bond acceptors (Lipinski definition) is 10. The molecule has 0 spiro atoms. The summed E-state index contributed by atoms with van der Waals surface area (Å²) in [6.07, 6.45) is 1.30. The molecule has 1 heterocycles. The molecule has 14 nitrogen and oxygen atoms in total. The summed E-state index contributed by atoms with van der Waals surface area (Å²) in [5.41, 5.74) is 3.88. The van der Waals surface area contributed by atoms with Crippen molar-refractivity contribution in [2.24, 2.45) is 5.73 Å². The molecule has 0 aromatic heterocycles. The van der Waals surface area contributed by atoms with Crippen LogP contribution < -0.4 is 11.1 Å². The average molecular weight is 441 g/mol. The normalized spacial score (nSPS) is 13.8. The standard InChI is InChI=1S/C12H17N3O5.C5H6N2O4/c1-2-3-4-5-12(16)13-10-7-6-9(14(17)18)8-11(10)15(19)20;6-5(10)11-7-3(8)1-2-4(7)9/h6-8,12-13,16H,2-5H2,1H3;1-2H2,(H2,6,10). The molecule has 2 rings (SSSR count). The van der Waals surface area contributed by atoms with Crippen LogP contribution >= 0.6 is 0 Å². The Hall–Kier alpha value is -3.81. The molecule has 0 radical (unpaired) electrons. The highest BCUT2D eigenvalue weighted by Gasteiger charge is 2.32. The zero-order chi connectivity index (χ0) is 23.6. The van der Waals surface area contributed by atoms with Crippen molar-refractivity contribution >= 4 is 35.0 Å². The molecule has 3 amide bonds. The zero-order valence-electron chi connectivity index (χ0n) is 16.7. The van der Waals surface area contributed by atoms with Gasteiger partial charge in [-0.15, -0.1) is 5.06 Å². The zero-order valence-corrected chi connectivity index (χ0v) is 16.7. The second-order valence-electron chi connectivity index (χ2n) is 6.36. The van der Waals surface area contributed by atoms with Crippen LogP contribution in [-0.2, 0) is 14.4 Å². The van der Waals surface area contributed by atoms with Crippen molar-refractivity contribution in [3.8, 4) is 0 Å². The lowest BCUT2D eigenvalue weighted by Crippen LogP contribution is -2.34. The third-order valence-corrected chi connectivity index (χ3v) is 3.98. The molecule has 1 saturated heterocycles. The van der Waals surface area contributed by atoms with Gasteiger partial charge in [-0.1, -0.05) is 19.8 Å². The fourth-order valence-corrected chi connectivity index (χ4v) is 2.49. The number of nitro groups is 2. The number of anilines is 1. The van der Waals surface area contributed by atoms with Crippen LogP contribution in [-0.4, -0.2) is 44.2 Å². The number of hydrogen-bond donors (Lipinski definition) is 3. The van der Waals surface area contributed by atoms with Crippen LogP contribution in [0.2, 0.25) is 0 Å². The third kappa shape index (κ3) is 8.22. The number of nitro benzene ring substituents is 2. The summed E-state index contributed by atoms with van der Waals surface area (Å²) in [4.78, 5) is 55.7. The molecule has 1 atom stereocenters. The van der Waals surface area contributed by atoms with Crippen LogP contribution in [0.15, 0.2) is 18.2 Å². The molecule has 4 N–H and O–H groups in total. The number of primary amides is 1. The van der Waals surface area contributed by atoms with Crippen LogP contribution in [0.4, 0.5) is 21.9 Å². The molecule has 1 aromatic carbocycles. The summed E-state index contributed by atoms with van der Waals surface area (Å²) in [6, 6.07) is 3.27. The number of carbonyl (C=O) groups is 3. The van der Waals surface area contributed by atoms with E-state index in [4.69, 9.17) is 0 Å². The number of unbranched alkanes of at least 4 members (excludes halogenated alkanes) is 2. The first kappa shape index (κ1) is 25.2. The van der Waals surface area contributed by atoms with Gasteiger partial charge in [0.05, 0.1) is 15.9 Å². The minimum absolute atomic E-state index is 0.0737. The molecule has 1 aliphatic heterocycles. The Morgan fingerprint density at radius 1 is 1.23 bits per heavy atom. The number of non-ortho nitro benzene ring substituents is 1. The molecule has 1 aliphatic rings. The lowest BCUT2D eigenvalue weighted by molar-refractivity contribution is -0.393. The van der Waals surface area contributed by atoms with E-state index in [0.717, 1.165) is 31.4 Å². The molecular formula is C17H23N5O9. The fraction of sp³-hybridized carbons (Fsp3) is 0.471. The van der Waals surface area contributed by atoms with Gasteiger partial charge in [-0.05, 0) is 18.9 Å². The lowest BCUT2D eigenvalue weighted by Gasteiger charge is -2.13. The van der Waals surface area contributed by atoms with Crippen molar-refractivity contribution in [3.05, 3.63) is 38.4 Å². The Morgan fingerprint density at radius 2 is 1.84 bits per heavy atom. The first-order chi connectivity index (χ1) is 14.6. The molecule has 0 saturated carbocycles. The molecule has 0 aliphatic carbocycles. The van der Waals surface area contributed by atoms with Gasteiger partial charge in [0, 0.05) is 18.9 Å². The molecule has 14 heteroatoms. The van der Waals surface area contributed by atoms with Crippen molar-refractivity contribution in [3.63, 3.8) is 0 Å². The monoisotopic (exact) mass is 441 g/mol. The highest BCUT2D eigenvalue weighted by Crippen LogP contribution is 2.29. The van der Waals surface area contributed by atoms with E-state index in [1.54, 1.807) is 0 Å². The van der Waals surface area contributed by atoms with Crippen molar-refractivity contribution in [1.82, 2.24) is 5.06 Å². The first-order valence-corrected chi connectivity index (χ1v) is 9.27. The van der Waals surface area contributed by atoms with Gasteiger partial charge in [0.15, 0.2) is 0 Å². The van der Waals surface area contributed by atoms with Crippen LogP contribution in [0, 0.1) is 20.2 Å². The summed E-state index contributed by atoms with van der Waals surface area (Å²) in [6.45, 7) is 2.03. The average Bonchev–Trinajstić information content (AvgIpc) is 3.00. The molecule has 170 valence electrons. The summed E-state index contributed by atoms with van der Waals surface area (Å²) in [5, 5.41) is 34.2. The Bertz CT molecular complexity index is 829. The Labute approximate surface area is 176 Å². The van der Waals surface area contributed by atoms with Crippen molar-refractivity contribution in [1.29, 1.82) is 0 Å². The molecular weight excluding hydrogens is 418 g/mol. The number of amides is 3. The molecule has 0 bridgehead atoms. The predicted octanol–water partition coefficient (Wildman–Crippen LogP) is 1.96. The number of nitrogens with zero attached hydrogens (tertiary/aromatic N) is 3. The van der Waals surface area contributed by atoms with E-state index in [2.05, 4.69) is 15.9 Å². The van der Waals surface area contributed by atoms with E-state index in [0.29, 0.717) is 11.5 Å². The number of nitrogens with two attached hydrogens (primary N) is 1. The summed E-state index contributed by atoms with van der Waals surface area (Å²) in [5.74, 6) is -1.07. The lowest BCUT2D eigenvalue weighted by atomic mass is 10.2. The van der Waals surface area contributed by atoms with Gasteiger partial charge in [0.2, 0.25) is 0 Å². The maximum absolute atomic E-state index is 10.9.